The molecule has 0 N–H and O–H groups in total. The van der Waals surface area contributed by atoms with Crippen molar-refractivity contribution in [3.63, 3.8) is 0 Å². The number of hydrogen-bond donors (Lipinski definition) is 1. The summed E-state index contributed by atoms with van der Waals surface area (Å²) in [6.45, 7) is 6.84. The summed E-state index contributed by atoms with van der Waals surface area (Å²) in [5.41, 5.74) is 0. The molecule has 0 fully saturated rings. The van der Waals surface area contributed by atoms with Crippen LogP contribution >= 0.6 is 36.2 Å². The van der Waals surface area contributed by atoms with Crippen LogP contribution < -0.4 is 0 Å². The van der Waals surface area contributed by atoms with Crippen LogP contribution in [0.5, 0.6) is 0 Å². The maximum absolute atomic E-state index is 4.63. The Labute approximate surface area is 142 Å². The molecule has 0 spiro atoms. The Hall–Kier alpha value is 1.05. The van der Waals surface area contributed by atoms with E-state index in [2.05, 4.69) is 33.4 Å². The molecule has 20 heavy (non-hydrogen) atoms. The van der Waals surface area contributed by atoms with E-state index in [1.54, 1.807) is 0 Å². The van der Waals surface area contributed by atoms with Gasteiger partial charge in [-0.2, -0.15) is 12.6 Å². The first kappa shape index (κ1) is 21.0. The van der Waals surface area contributed by atoms with Crippen LogP contribution in [-0.2, 0) is 0 Å². The van der Waals surface area contributed by atoms with Crippen molar-refractivity contribution in [1.82, 2.24) is 0 Å². The van der Waals surface area contributed by atoms with Gasteiger partial charge < -0.3 is 0 Å². The van der Waals surface area contributed by atoms with Crippen molar-refractivity contribution < 1.29 is 0 Å². The third-order valence-electron chi connectivity index (χ3n) is 3.33. The van der Waals surface area contributed by atoms with Crippen molar-refractivity contribution in [2.75, 3.05) is 11.5 Å². The van der Waals surface area contributed by atoms with Gasteiger partial charge in [0.25, 0.3) is 0 Å². The molecular formula is C17H36S3. The van der Waals surface area contributed by atoms with E-state index in [1.165, 1.54) is 75.7 Å². The number of unbranched alkanes of at least 4 members (excludes halogenated alkanes) is 9. The quantitative estimate of drug-likeness (QED) is 0.190. The Balaban J connectivity index is 3.09. The second-order valence-electron chi connectivity index (χ2n) is 6.09. The van der Waals surface area contributed by atoms with Gasteiger partial charge >= 0.3 is 0 Å². The van der Waals surface area contributed by atoms with Gasteiger partial charge in [-0.15, -0.1) is 23.5 Å². The molecule has 0 aliphatic heterocycles. The molecule has 0 rings (SSSR count). The highest BCUT2D eigenvalue weighted by Gasteiger charge is 2.04. The SMILES string of the molecule is CCCCCCCCCCCCSC(S)SCC(C)C. The van der Waals surface area contributed by atoms with Crippen LogP contribution in [0.4, 0.5) is 0 Å². The molecule has 0 aliphatic carbocycles. The number of rotatable bonds is 15. The largest absolute Gasteiger partial charge is 0.154 e. The zero-order chi connectivity index (χ0) is 15.1. The first-order valence-corrected chi connectivity index (χ1v) is 11.2. The van der Waals surface area contributed by atoms with Crippen molar-refractivity contribution >= 4 is 36.2 Å². The Morgan fingerprint density at radius 3 is 1.75 bits per heavy atom. The number of thiol groups is 1. The molecule has 122 valence electrons. The average molecular weight is 337 g/mol. The highest BCUT2D eigenvalue weighted by molar-refractivity contribution is 8.27. The summed E-state index contributed by atoms with van der Waals surface area (Å²) in [5, 5.41) is 0. The van der Waals surface area contributed by atoms with E-state index in [4.69, 9.17) is 0 Å². The highest BCUT2D eigenvalue weighted by atomic mass is 32.3. The smallest absolute Gasteiger partial charge is 0.0927 e. The summed E-state index contributed by atoms with van der Waals surface area (Å²) in [6, 6.07) is 0. The lowest BCUT2D eigenvalue weighted by atomic mass is 10.1. The lowest BCUT2D eigenvalue weighted by Gasteiger charge is -2.11. The average Bonchev–Trinajstić information content (AvgIpc) is 2.42. The lowest BCUT2D eigenvalue weighted by molar-refractivity contribution is 0.563. The van der Waals surface area contributed by atoms with Gasteiger partial charge in [-0.3, -0.25) is 0 Å². The summed E-state index contributed by atoms with van der Waals surface area (Å²) in [6.07, 6.45) is 14.3. The van der Waals surface area contributed by atoms with Crippen LogP contribution in [0.25, 0.3) is 0 Å². The minimum absolute atomic E-state index is 0.482. The van der Waals surface area contributed by atoms with Gasteiger partial charge in [0.1, 0.15) is 0 Å². The normalized spacial score (nSPS) is 13.1. The van der Waals surface area contributed by atoms with Gasteiger partial charge in [-0.1, -0.05) is 78.6 Å². The van der Waals surface area contributed by atoms with Crippen LogP contribution in [0.3, 0.4) is 0 Å². The molecule has 0 bridgehead atoms. The van der Waals surface area contributed by atoms with Crippen molar-refractivity contribution in [2.24, 2.45) is 5.92 Å². The first-order valence-electron chi connectivity index (χ1n) is 8.58. The van der Waals surface area contributed by atoms with E-state index in [-0.39, 0.29) is 0 Å². The molecule has 0 heterocycles. The Morgan fingerprint density at radius 1 is 0.750 bits per heavy atom. The Morgan fingerprint density at radius 2 is 1.25 bits per heavy atom. The summed E-state index contributed by atoms with van der Waals surface area (Å²) in [4.78, 5) is 0. The minimum Gasteiger partial charge on any atom is -0.154 e. The van der Waals surface area contributed by atoms with E-state index >= 15 is 0 Å². The van der Waals surface area contributed by atoms with E-state index in [0.29, 0.717) is 3.91 Å². The third kappa shape index (κ3) is 17.1. The van der Waals surface area contributed by atoms with Crippen LogP contribution in [0, 0.1) is 5.92 Å². The van der Waals surface area contributed by atoms with Crippen molar-refractivity contribution in [3.05, 3.63) is 0 Å². The van der Waals surface area contributed by atoms with Crippen LogP contribution in [0.1, 0.15) is 85.0 Å². The summed E-state index contributed by atoms with van der Waals surface area (Å²) >= 11 is 8.65. The molecule has 0 saturated carbocycles. The Bertz CT molecular complexity index is 183. The zero-order valence-corrected chi connectivity index (χ0v) is 16.4. The fourth-order valence-corrected chi connectivity index (χ4v) is 4.70. The molecular weight excluding hydrogens is 300 g/mol. The van der Waals surface area contributed by atoms with Gasteiger partial charge in [0.2, 0.25) is 0 Å². The van der Waals surface area contributed by atoms with Crippen molar-refractivity contribution in [1.29, 1.82) is 0 Å². The Kier molecular flexibility index (Phi) is 17.3. The van der Waals surface area contributed by atoms with Crippen LogP contribution in [-0.4, -0.2) is 15.4 Å². The van der Waals surface area contributed by atoms with Crippen LogP contribution in [0.15, 0.2) is 0 Å². The van der Waals surface area contributed by atoms with Gasteiger partial charge in [-0.05, 0) is 23.8 Å². The second kappa shape index (κ2) is 16.4. The molecule has 0 amide bonds. The number of thioether (sulfide) groups is 2. The van der Waals surface area contributed by atoms with Crippen molar-refractivity contribution in [3.8, 4) is 0 Å². The maximum Gasteiger partial charge on any atom is 0.0927 e. The third-order valence-corrected chi connectivity index (χ3v) is 7.00. The molecule has 0 aliphatic rings. The predicted octanol–water partition coefficient (Wildman–Crippen LogP) is 7.24. The van der Waals surface area contributed by atoms with Crippen LogP contribution in [0.2, 0.25) is 0 Å². The van der Waals surface area contributed by atoms with Gasteiger partial charge in [0.05, 0.1) is 3.91 Å². The molecule has 0 aromatic heterocycles. The predicted molar refractivity (Wildman–Crippen MR) is 104 cm³/mol. The summed E-state index contributed by atoms with van der Waals surface area (Å²) in [5.74, 6) is 3.31. The summed E-state index contributed by atoms with van der Waals surface area (Å²) < 4.78 is 0.482. The second-order valence-corrected chi connectivity index (χ2v) is 9.95. The maximum atomic E-state index is 4.63. The molecule has 0 aromatic carbocycles. The number of hydrogen-bond acceptors (Lipinski definition) is 3. The van der Waals surface area contributed by atoms with E-state index < -0.39 is 0 Å². The molecule has 0 nitrogen and oxygen atoms in total. The van der Waals surface area contributed by atoms with Gasteiger partial charge in [0.15, 0.2) is 0 Å². The van der Waals surface area contributed by atoms with Gasteiger partial charge in [0, 0.05) is 0 Å². The van der Waals surface area contributed by atoms with E-state index in [1.807, 2.05) is 23.5 Å². The van der Waals surface area contributed by atoms with E-state index in [9.17, 15) is 0 Å². The monoisotopic (exact) mass is 336 g/mol. The molecule has 0 radical (unpaired) electrons. The fraction of sp³-hybridized carbons (Fsp3) is 1.00. The molecule has 0 saturated heterocycles. The van der Waals surface area contributed by atoms with Crippen molar-refractivity contribution in [2.45, 2.75) is 88.9 Å². The zero-order valence-electron chi connectivity index (χ0n) is 13.9. The minimum atomic E-state index is 0.482. The fourth-order valence-electron chi connectivity index (χ4n) is 2.10. The molecule has 1 unspecified atom stereocenters. The highest BCUT2D eigenvalue weighted by Crippen LogP contribution is 2.29. The molecule has 1 atom stereocenters. The van der Waals surface area contributed by atoms with Gasteiger partial charge in [-0.25, -0.2) is 0 Å². The summed E-state index contributed by atoms with van der Waals surface area (Å²) in [7, 11) is 0. The standard InChI is InChI=1S/C17H36S3/c1-4-5-6-7-8-9-10-11-12-13-14-19-17(18)20-15-16(2)3/h16-18H,4-15H2,1-3H3. The molecule has 0 aromatic rings. The topological polar surface area (TPSA) is 0 Å². The van der Waals surface area contributed by atoms with E-state index in [0.717, 1.165) is 5.92 Å². The lowest BCUT2D eigenvalue weighted by Crippen LogP contribution is -1.96. The first-order chi connectivity index (χ1) is 9.66. The molecule has 3 heteroatoms.